The zero-order valence-electron chi connectivity index (χ0n) is 52.0. The van der Waals surface area contributed by atoms with Gasteiger partial charge in [-0.15, -0.1) is 0 Å². The van der Waals surface area contributed by atoms with Gasteiger partial charge in [-0.25, -0.2) is 4.79 Å². The fraction of sp³-hybridized carbons (Fsp3) is 0.815. The Balaban J connectivity index is 0.000000145. The number of hydrogen-bond donors (Lipinski definition) is 2. The first kappa shape index (κ1) is 64.2. The highest BCUT2D eigenvalue weighted by molar-refractivity contribution is 5.79. The van der Waals surface area contributed by atoms with Gasteiger partial charge in [0.1, 0.15) is 30.5 Å². The van der Waals surface area contributed by atoms with Crippen LogP contribution in [0.5, 0.6) is 0 Å². The molecular weight excluding hydrogens is 1060 g/mol. The van der Waals surface area contributed by atoms with Crippen LogP contribution in [-0.4, -0.2) is 100 Å². The number of fused-ring (bicyclic) bond motifs is 10. The Labute approximate surface area is 492 Å². The van der Waals surface area contributed by atoms with E-state index in [0.717, 1.165) is 81.0 Å². The molecule has 8 aliphatic carbocycles. The lowest BCUT2D eigenvalue weighted by Gasteiger charge is -2.59. The number of amides is 1. The highest BCUT2D eigenvalue weighted by atomic mass is 16.7. The largest absolute Gasteiger partial charge is 0.463 e. The van der Waals surface area contributed by atoms with Gasteiger partial charge in [-0.05, 0) is 206 Å². The Morgan fingerprint density at radius 2 is 1.28 bits per heavy atom. The van der Waals surface area contributed by atoms with E-state index in [9.17, 15) is 44.0 Å². The van der Waals surface area contributed by atoms with Crippen LogP contribution < -0.4 is 5.32 Å². The van der Waals surface area contributed by atoms with Crippen molar-refractivity contribution in [1.29, 1.82) is 0 Å². The number of rotatable bonds is 18. The minimum atomic E-state index is -0.737. The number of benzene rings is 1. The zero-order valence-corrected chi connectivity index (χ0v) is 52.0. The summed E-state index contributed by atoms with van der Waals surface area (Å²) in [7, 11) is 0. The molecule has 3 heterocycles. The third kappa shape index (κ3) is 13.3. The SMILES string of the molecule is CCC(C)(C)C(=O)OC1(CC)CC2CC1C1C3CCC(C3)C21.CCC(C)(C)C(=O)OC12CC3CC(CC(O)(C3)C1)C2.CCC(C)(C)C(=O)OC1C2CC3C(=O)OC1C3O2.CCC(C)(C)C(=O)OCCNC(=O)OCc1ccccc1[N+](=O)[O-]. The third-order valence-electron chi connectivity index (χ3n) is 22.0. The van der Waals surface area contributed by atoms with Crippen molar-refractivity contribution in [2.45, 2.75) is 247 Å². The fourth-order valence-electron chi connectivity index (χ4n) is 15.9. The molecule has 0 aromatic heterocycles. The number of carbonyl (C=O) groups is 6. The molecule has 18 heteroatoms. The minimum absolute atomic E-state index is 0.0306. The van der Waals surface area contributed by atoms with Crippen LogP contribution >= 0.6 is 0 Å². The number of ether oxygens (including phenoxy) is 7. The summed E-state index contributed by atoms with van der Waals surface area (Å²) < 4.78 is 38.7. The van der Waals surface area contributed by atoms with E-state index < -0.39 is 45.1 Å². The first-order chi connectivity index (χ1) is 38.9. The molecule has 83 heavy (non-hydrogen) atoms. The first-order valence-electron chi connectivity index (χ1n) is 31.5. The Morgan fingerprint density at radius 1 is 0.699 bits per heavy atom. The van der Waals surface area contributed by atoms with Crippen LogP contribution in [0.1, 0.15) is 205 Å². The van der Waals surface area contributed by atoms with Crippen LogP contribution in [0, 0.1) is 85.0 Å². The third-order valence-corrected chi connectivity index (χ3v) is 22.0. The highest BCUT2D eigenvalue weighted by Gasteiger charge is 2.69. The molecule has 0 radical (unpaired) electrons. The normalized spacial score (nSPS) is 35.1. The molecule has 14 atom stereocenters. The second-order valence-electron chi connectivity index (χ2n) is 29.1. The Kier molecular flexibility index (Phi) is 18.9. The number of carbonyl (C=O) groups excluding carboxylic acids is 6. The number of nitrogens with one attached hydrogen (secondary N) is 1. The molecule has 12 rings (SSSR count). The monoisotopic (exact) mass is 1160 g/mol. The summed E-state index contributed by atoms with van der Waals surface area (Å²) in [6.45, 7) is 25.3. The van der Waals surface area contributed by atoms with Gasteiger partial charge >= 0.3 is 35.9 Å². The quantitative estimate of drug-likeness (QED) is 0.0347. The van der Waals surface area contributed by atoms with Crippen molar-refractivity contribution in [2.24, 2.45) is 74.9 Å². The molecule has 14 unspecified atom stereocenters. The van der Waals surface area contributed by atoms with Gasteiger partial charge in [0, 0.05) is 18.4 Å². The molecular formula is C65H98N2O16. The molecule has 2 N–H and O–H groups in total. The van der Waals surface area contributed by atoms with Crippen LogP contribution in [0.3, 0.4) is 0 Å². The number of para-hydroxylation sites is 1. The number of alkyl carbamates (subject to hydrolysis) is 1. The van der Waals surface area contributed by atoms with E-state index in [1.54, 1.807) is 19.9 Å². The Bertz CT molecular complexity index is 2560. The average molecular weight is 1160 g/mol. The van der Waals surface area contributed by atoms with Crippen LogP contribution in [0.2, 0.25) is 0 Å². The number of nitro benzene ring substituents is 1. The molecule has 464 valence electrons. The van der Waals surface area contributed by atoms with Gasteiger partial charge in [-0.3, -0.25) is 34.1 Å². The van der Waals surface area contributed by atoms with Gasteiger partial charge in [0.25, 0.3) is 5.69 Å². The molecule has 10 bridgehead atoms. The standard InChI is InChI=1S/C20H32O2.C16H22N2O6.C16H26O3.C13H18O5/c1-5-19(3,4)18(21)22-20(6-2)11-14-10-15(20)17-13-8-7-12(9-13)16(14)17;1-4-16(2,3)14(19)23-10-9-17-15(20)24-11-12-7-5-6-8-13(12)18(21)22;1-4-14(2,3)13(17)19-16-8-11-5-12(9-16)7-15(18,6-11)10-16;1-4-13(2,3)12(15)18-9-7-5-6-8(16-7)10(9)17-11(6)14/h12-17H,5-11H2,1-4H3;5-8H,4,9-11H2,1-3H3,(H,17,20);11-12,18H,4-10H2,1-3H3;6-10H,4-5H2,1-3H3. The van der Waals surface area contributed by atoms with E-state index >= 15 is 0 Å². The topological polar surface area (TPSA) is 242 Å². The van der Waals surface area contributed by atoms with Crippen LogP contribution in [0.25, 0.3) is 0 Å². The highest BCUT2D eigenvalue weighted by Crippen LogP contribution is 2.71. The maximum Gasteiger partial charge on any atom is 0.407 e. The summed E-state index contributed by atoms with van der Waals surface area (Å²) in [5.74, 6) is 5.51. The lowest BCUT2D eigenvalue weighted by molar-refractivity contribution is -0.385. The van der Waals surface area contributed by atoms with Gasteiger partial charge < -0.3 is 43.6 Å². The van der Waals surface area contributed by atoms with Gasteiger partial charge in [0.05, 0.1) is 56.3 Å². The molecule has 18 nitrogen and oxygen atoms in total. The molecule has 1 amide bonds. The lowest BCUT2D eigenvalue weighted by atomic mass is 9.52. The second kappa shape index (κ2) is 24.5. The fourth-order valence-corrected chi connectivity index (χ4v) is 15.9. The average Bonchev–Trinajstić information content (AvgIpc) is 3.64. The van der Waals surface area contributed by atoms with E-state index in [0.29, 0.717) is 49.0 Å². The second-order valence-corrected chi connectivity index (χ2v) is 29.1. The maximum absolute atomic E-state index is 12.7. The molecule has 1 aromatic carbocycles. The van der Waals surface area contributed by atoms with Crippen molar-refractivity contribution >= 4 is 41.6 Å². The zero-order chi connectivity index (χ0) is 60.8. The van der Waals surface area contributed by atoms with Crippen LogP contribution in [0.4, 0.5) is 10.5 Å². The van der Waals surface area contributed by atoms with Crippen LogP contribution in [0.15, 0.2) is 24.3 Å². The van der Waals surface area contributed by atoms with E-state index in [4.69, 9.17) is 33.2 Å². The molecule has 11 fully saturated rings. The van der Waals surface area contributed by atoms with Crippen molar-refractivity contribution in [1.82, 2.24) is 5.32 Å². The lowest BCUT2D eigenvalue weighted by Crippen LogP contribution is -2.61. The van der Waals surface area contributed by atoms with Crippen molar-refractivity contribution in [3.05, 3.63) is 39.9 Å². The van der Waals surface area contributed by atoms with Crippen molar-refractivity contribution in [3.63, 3.8) is 0 Å². The predicted molar refractivity (Wildman–Crippen MR) is 307 cm³/mol. The van der Waals surface area contributed by atoms with Crippen molar-refractivity contribution < 1.29 is 72.0 Å². The smallest absolute Gasteiger partial charge is 0.407 e. The number of hydrogen-bond acceptors (Lipinski definition) is 16. The summed E-state index contributed by atoms with van der Waals surface area (Å²) in [5, 5.41) is 23.9. The van der Waals surface area contributed by atoms with Gasteiger partial charge in [-0.2, -0.15) is 0 Å². The minimum Gasteiger partial charge on any atom is -0.463 e. The molecule has 11 aliphatic rings. The Hall–Kier alpha value is -4.84. The predicted octanol–water partition coefficient (Wildman–Crippen LogP) is 11.7. The first-order valence-corrected chi connectivity index (χ1v) is 31.5. The number of nitro groups is 1. The molecule has 0 spiro atoms. The maximum atomic E-state index is 12.7. The summed E-state index contributed by atoms with van der Waals surface area (Å²) in [6, 6.07) is 6.01. The molecule has 3 aliphatic heterocycles. The number of esters is 5. The molecule has 3 saturated heterocycles. The number of aliphatic hydroxyl groups is 1. The van der Waals surface area contributed by atoms with Gasteiger partial charge in [0.15, 0.2) is 12.2 Å². The summed E-state index contributed by atoms with van der Waals surface area (Å²) in [6.07, 6.45) is 15.3. The Morgan fingerprint density at radius 3 is 1.87 bits per heavy atom. The molecule has 8 saturated carbocycles. The van der Waals surface area contributed by atoms with Gasteiger partial charge in [0.2, 0.25) is 0 Å². The van der Waals surface area contributed by atoms with E-state index in [2.05, 4.69) is 19.2 Å². The number of nitrogens with zero attached hydrogens (tertiary/aromatic N) is 1. The summed E-state index contributed by atoms with van der Waals surface area (Å²) in [4.78, 5) is 82.3. The summed E-state index contributed by atoms with van der Waals surface area (Å²) >= 11 is 0. The van der Waals surface area contributed by atoms with Crippen LogP contribution in [-0.2, 0) is 63.7 Å². The van der Waals surface area contributed by atoms with E-state index in [1.165, 1.54) is 50.3 Å². The molecule has 1 aromatic rings. The van der Waals surface area contributed by atoms with E-state index in [1.807, 2.05) is 62.3 Å². The summed E-state index contributed by atoms with van der Waals surface area (Å²) in [5.41, 5.74) is -2.67. The van der Waals surface area contributed by atoms with Crippen molar-refractivity contribution in [3.8, 4) is 0 Å². The van der Waals surface area contributed by atoms with Gasteiger partial charge in [-0.1, -0.05) is 46.8 Å². The van der Waals surface area contributed by atoms with E-state index in [-0.39, 0.29) is 90.0 Å². The van der Waals surface area contributed by atoms with Crippen molar-refractivity contribution in [2.75, 3.05) is 13.2 Å².